The first kappa shape index (κ1) is 28.1. The van der Waals surface area contributed by atoms with Crippen LogP contribution in [0.1, 0.15) is 97.8 Å². The molecule has 0 spiro atoms. The maximum absolute atomic E-state index is 13.8. The van der Waals surface area contributed by atoms with E-state index in [1.54, 1.807) is 0 Å². The number of phenolic OH excluding ortho intramolecular Hbond substituents is 4. The molecule has 8 N–H and O–H groups in total. The Morgan fingerprint density at radius 2 is 0.841 bits per heavy atom. The molecule has 0 heterocycles. The van der Waals surface area contributed by atoms with Gasteiger partial charge < -0.3 is 40.9 Å². The number of phenols is 6. The van der Waals surface area contributed by atoms with Crippen molar-refractivity contribution in [3.05, 3.63) is 103 Å². The number of carbonyl (C=O) groups excluding carboxylic acids is 2. The summed E-state index contributed by atoms with van der Waals surface area (Å²) in [5.41, 5.74) is -2.90. The summed E-state index contributed by atoms with van der Waals surface area (Å²) in [6, 6.07) is 6.72. The Balaban J connectivity index is 1.83. The molecule has 0 amide bonds. The number of hydrogen-bond donors (Lipinski definition) is 8. The van der Waals surface area contributed by atoms with E-state index >= 15 is 0 Å². The molecular formula is C32H22O12. The molecule has 4 aromatic rings. The zero-order chi connectivity index (χ0) is 32.1. The second-order valence-electron chi connectivity index (χ2n) is 10.8. The highest BCUT2D eigenvalue weighted by Gasteiger charge is 2.47. The Morgan fingerprint density at radius 1 is 0.523 bits per heavy atom. The fraction of sp³-hybridized carbons (Fsp3) is 0.125. The molecule has 2 aliphatic carbocycles. The molecule has 0 bridgehead atoms. The van der Waals surface area contributed by atoms with Crippen molar-refractivity contribution in [2.24, 2.45) is 0 Å². The monoisotopic (exact) mass is 598 g/mol. The number of rotatable bonds is 3. The van der Waals surface area contributed by atoms with E-state index in [1.165, 1.54) is 26.0 Å². The van der Waals surface area contributed by atoms with Crippen molar-refractivity contribution < 1.29 is 60.0 Å². The van der Waals surface area contributed by atoms with Crippen molar-refractivity contribution in [3.63, 3.8) is 0 Å². The van der Waals surface area contributed by atoms with Crippen LogP contribution in [0.15, 0.2) is 36.4 Å². The van der Waals surface area contributed by atoms with Gasteiger partial charge in [-0.1, -0.05) is 12.1 Å². The van der Waals surface area contributed by atoms with Crippen LogP contribution in [0.2, 0.25) is 0 Å². The minimum Gasteiger partial charge on any atom is -0.508 e. The maximum Gasteiger partial charge on any atom is 0.339 e. The zero-order valence-electron chi connectivity index (χ0n) is 22.8. The van der Waals surface area contributed by atoms with Gasteiger partial charge in [0.1, 0.15) is 45.6 Å². The Kier molecular flexibility index (Phi) is 5.89. The molecule has 0 aromatic heterocycles. The number of benzene rings is 4. The first-order valence-electron chi connectivity index (χ1n) is 13.1. The highest BCUT2D eigenvalue weighted by atomic mass is 16.4. The number of carbonyl (C=O) groups is 4. The van der Waals surface area contributed by atoms with Crippen LogP contribution in [0.4, 0.5) is 0 Å². The summed E-state index contributed by atoms with van der Waals surface area (Å²) in [6.07, 6.45) is 0. The van der Waals surface area contributed by atoms with Gasteiger partial charge in [0.05, 0.1) is 22.3 Å². The number of aromatic hydroxyl groups is 6. The number of hydrogen-bond acceptors (Lipinski definition) is 10. The SMILES string of the molecule is Cc1cc2c(c(O)c1C(=O)O)C(=O)c1c(O)cc(O)cc1[C@@H]2[C@H]1c2cc(O)cc(O)c2C(=O)c2c1cc(C)c(C(=O)O)c2O. The van der Waals surface area contributed by atoms with E-state index in [-0.39, 0.29) is 33.4 Å². The van der Waals surface area contributed by atoms with Crippen LogP contribution < -0.4 is 0 Å². The van der Waals surface area contributed by atoms with Gasteiger partial charge in [-0.25, -0.2) is 9.59 Å². The summed E-state index contributed by atoms with van der Waals surface area (Å²) in [6.45, 7) is 2.75. The second-order valence-corrected chi connectivity index (χ2v) is 10.8. The maximum atomic E-state index is 13.8. The quantitative estimate of drug-likeness (QED) is 0.167. The molecule has 0 radical (unpaired) electrons. The van der Waals surface area contributed by atoms with Gasteiger partial charge in [-0.2, -0.15) is 0 Å². The van der Waals surface area contributed by atoms with E-state index in [1.807, 2.05) is 0 Å². The normalized spacial score (nSPS) is 16.5. The van der Waals surface area contributed by atoms with Gasteiger partial charge >= 0.3 is 11.9 Å². The molecule has 0 fully saturated rings. The van der Waals surface area contributed by atoms with E-state index in [0.717, 1.165) is 24.3 Å². The predicted molar refractivity (Wildman–Crippen MR) is 150 cm³/mol. The molecule has 0 aliphatic heterocycles. The van der Waals surface area contributed by atoms with Crippen LogP contribution in [0.25, 0.3) is 0 Å². The lowest BCUT2D eigenvalue weighted by atomic mass is 9.63. The summed E-state index contributed by atoms with van der Waals surface area (Å²) >= 11 is 0. The van der Waals surface area contributed by atoms with Crippen LogP contribution in [-0.2, 0) is 0 Å². The van der Waals surface area contributed by atoms with Crippen LogP contribution in [-0.4, -0.2) is 64.4 Å². The Labute approximate surface area is 247 Å². The Bertz CT molecular complexity index is 1910. The number of fused-ring (bicyclic) bond motifs is 4. The molecule has 0 saturated heterocycles. The van der Waals surface area contributed by atoms with Crippen molar-refractivity contribution in [2.75, 3.05) is 0 Å². The number of carboxylic acid groups (broad SMARTS) is 2. The molecule has 4 aromatic carbocycles. The van der Waals surface area contributed by atoms with Crippen molar-refractivity contribution in [3.8, 4) is 34.5 Å². The Morgan fingerprint density at radius 3 is 1.16 bits per heavy atom. The predicted octanol–water partition coefficient (Wildman–Crippen LogP) is 3.99. The number of ketones is 2. The average molecular weight is 599 g/mol. The minimum atomic E-state index is -1.54. The van der Waals surface area contributed by atoms with Gasteiger partial charge in [-0.3, -0.25) is 9.59 Å². The minimum absolute atomic E-state index is 0.00559. The number of carboxylic acids is 2. The smallest absolute Gasteiger partial charge is 0.339 e. The standard InChI is InChI=1S/C32H22O12/c1-9-3-13-21(15-5-11(33)7-17(35)23(15)29(39)25(13)27(37)19(9)31(41)42)22-14-4-10(2)20(32(43)44)28(38)26(14)30(40)24-16(22)6-12(34)8-18(24)36/h3-8,21-22,33-38H,1-2H3,(H,41,42)(H,43,44)/t21-,22-/m1/s1. The van der Waals surface area contributed by atoms with Crippen LogP contribution in [0, 0.1) is 13.8 Å². The molecule has 2 aliphatic rings. The van der Waals surface area contributed by atoms with Gasteiger partial charge in [-0.15, -0.1) is 0 Å². The lowest BCUT2D eigenvalue weighted by Gasteiger charge is -2.39. The molecule has 6 rings (SSSR count). The summed E-state index contributed by atoms with van der Waals surface area (Å²) < 4.78 is 0. The summed E-state index contributed by atoms with van der Waals surface area (Å²) in [7, 11) is 0. The van der Waals surface area contributed by atoms with Crippen LogP contribution >= 0.6 is 0 Å². The molecule has 12 heteroatoms. The zero-order valence-corrected chi connectivity index (χ0v) is 22.8. The van der Waals surface area contributed by atoms with Gasteiger partial charge in [-0.05, 0) is 59.4 Å². The number of aryl methyl sites for hydroxylation is 2. The molecular weight excluding hydrogens is 576 g/mol. The van der Waals surface area contributed by atoms with E-state index in [2.05, 4.69) is 0 Å². The van der Waals surface area contributed by atoms with Gasteiger partial charge in [0.15, 0.2) is 0 Å². The lowest BCUT2D eigenvalue weighted by Crippen LogP contribution is -2.30. The highest BCUT2D eigenvalue weighted by Crippen LogP contribution is 2.57. The van der Waals surface area contributed by atoms with E-state index in [0.29, 0.717) is 0 Å². The first-order valence-corrected chi connectivity index (χ1v) is 13.1. The fourth-order valence-corrected chi connectivity index (χ4v) is 6.72. The molecule has 12 nitrogen and oxygen atoms in total. The third kappa shape index (κ3) is 3.63. The molecule has 0 unspecified atom stereocenters. The fourth-order valence-electron chi connectivity index (χ4n) is 6.72. The van der Waals surface area contributed by atoms with Crippen molar-refractivity contribution in [1.29, 1.82) is 0 Å². The summed E-state index contributed by atoms with van der Waals surface area (Å²) in [5.74, 6) is -11.7. The third-order valence-corrected chi connectivity index (χ3v) is 8.33. The van der Waals surface area contributed by atoms with Gasteiger partial charge in [0.2, 0.25) is 11.6 Å². The van der Waals surface area contributed by atoms with Gasteiger partial charge in [0.25, 0.3) is 0 Å². The van der Waals surface area contributed by atoms with Gasteiger partial charge in [0, 0.05) is 24.0 Å². The molecule has 2 atom stereocenters. The van der Waals surface area contributed by atoms with Crippen molar-refractivity contribution >= 4 is 23.5 Å². The molecule has 44 heavy (non-hydrogen) atoms. The second kappa shape index (κ2) is 9.23. The highest BCUT2D eigenvalue weighted by molar-refractivity contribution is 6.19. The van der Waals surface area contributed by atoms with E-state index in [4.69, 9.17) is 0 Å². The van der Waals surface area contributed by atoms with Crippen molar-refractivity contribution in [1.82, 2.24) is 0 Å². The summed E-state index contributed by atoms with van der Waals surface area (Å²) in [5, 5.41) is 84.7. The van der Waals surface area contributed by atoms with Crippen molar-refractivity contribution in [2.45, 2.75) is 25.7 Å². The third-order valence-electron chi connectivity index (χ3n) is 8.33. The topological polar surface area (TPSA) is 230 Å². The first-order chi connectivity index (χ1) is 20.6. The average Bonchev–Trinajstić information content (AvgIpc) is 2.88. The number of aromatic carboxylic acids is 2. The largest absolute Gasteiger partial charge is 0.508 e. The van der Waals surface area contributed by atoms with Crippen LogP contribution in [0.3, 0.4) is 0 Å². The summed E-state index contributed by atoms with van der Waals surface area (Å²) in [4.78, 5) is 51.7. The van der Waals surface area contributed by atoms with E-state index in [9.17, 15) is 60.0 Å². The molecule has 222 valence electrons. The lowest BCUT2D eigenvalue weighted by molar-refractivity contribution is 0.0681. The Hall–Kier alpha value is -6.04. The van der Waals surface area contributed by atoms with Crippen LogP contribution in [0.5, 0.6) is 34.5 Å². The van der Waals surface area contributed by atoms with E-state index < -0.39 is 103 Å². The molecule has 0 saturated carbocycles.